The van der Waals surface area contributed by atoms with Crippen LogP contribution < -0.4 is 0 Å². The summed E-state index contributed by atoms with van der Waals surface area (Å²) in [6.07, 6.45) is 4.06. The molecule has 8 heteroatoms. The third-order valence-electron chi connectivity index (χ3n) is 3.09. The summed E-state index contributed by atoms with van der Waals surface area (Å²) in [6, 6.07) is -0.0129. The monoisotopic (exact) mass is 299 g/mol. The molecule has 0 radical (unpaired) electrons. The van der Waals surface area contributed by atoms with Crippen molar-refractivity contribution in [3.8, 4) is 0 Å². The van der Waals surface area contributed by atoms with Crippen molar-refractivity contribution in [3.05, 3.63) is 0 Å². The molecule has 0 atom stereocenters. The van der Waals surface area contributed by atoms with E-state index >= 15 is 0 Å². The van der Waals surface area contributed by atoms with E-state index in [4.69, 9.17) is 5.11 Å². The molecule has 0 aromatic carbocycles. The van der Waals surface area contributed by atoms with E-state index in [1.807, 2.05) is 0 Å². The van der Waals surface area contributed by atoms with Crippen LogP contribution in [0.15, 0.2) is 0 Å². The standard InChI is InChI=1S/C10H21NO5S2/c1-17(13,14)8-9-18(15,16)11(6-3-7-12)10-4-2-5-10/h10,12H,2-9H2,1H3. The summed E-state index contributed by atoms with van der Waals surface area (Å²) < 4.78 is 47.7. The summed E-state index contributed by atoms with van der Waals surface area (Å²) in [5.74, 6) is -0.717. The number of sulfone groups is 1. The zero-order chi connectivity index (χ0) is 13.8. The van der Waals surface area contributed by atoms with Gasteiger partial charge in [0.2, 0.25) is 10.0 Å². The van der Waals surface area contributed by atoms with E-state index in [-0.39, 0.29) is 30.7 Å². The Labute approximate surface area is 109 Å². The summed E-state index contributed by atoms with van der Waals surface area (Å²) >= 11 is 0. The first-order chi connectivity index (χ1) is 8.26. The minimum absolute atomic E-state index is 0.0129. The van der Waals surface area contributed by atoms with Crippen LogP contribution in [-0.4, -0.2) is 63.2 Å². The molecule has 0 bridgehead atoms. The maximum absolute atomic E-state index is 12.1. The van der Waals surface area contributed by atoms with E-state index in [1.165, 1.54) is 4.31 Å². The van der Waals surface area contributed by atoms with E-state index in [1.54, 1.807) is 0 Å². The third kappa shape index (κ3) is 4.83. The van der Waals surface area contributed by atoms with E-state index in [2.05, 4.69) is 0 Å². The molecule has 1 fully saturated rings. The van der Waals surface area contributed by atoms with Crippen molar-refractivity contribution < 1.29 is 21.9 Å². The zero-order valence-corrected chi connectivity index (χ0v) is 12.2. The molecule has 108 valence electrons. The molecule has 1 N–H and O–H groups in total. The van der Waals surface area contributed by atoms with Crippen molar-refractivity contribution in [2.24, 2.45) is 0 Å². The predicted octanol–water partition coefficient (Wildman–Crippen LogP) is -0.402. The Morgan fingerprint density at radius 3 is 2.17 bits per heavy atom. The lowest BCUT2D eigenvalue weighted by molar-refractivity contribution is 0.198. The number of hydrogen-bond donors (Lipinski definition) is 1. The van der Waals surface area contributed by atoms with Gasteiger partial charge in [0, 0.05) is 25.4 Å². The Morgan fingerprint density at radius 1 is 1.17 bits per heavy atom. The number of aliphatic hydroxyl groups is 1. The summed E-state index contributed by atoms with van der Waals surface area (Å²) in [5, 5.41) is 8.80. The van der Waals surface area contributed by atoms with Gasteiger partial charge in [0.15, 0.2) is 0 Å². The number of rotatable bonds is 8. The van der Waals surface area contributed by atoms with E-state index < -0.39 is 19.9 Å². The van der Waals surface area contributed by atoms with Gasteiger partial charge < -0.3 is 5.11 Å². The smallest absolute Gasteiger partial charge is 0.215 e. The molecule has 0 aromatic heterocycles. The zero-order valence-electron chi connectivity index (χ0n) is 10.6. The molecule has 0 aromatic rings. The Bertz CT molecular complexity index is 453. The molecule has 0 unspecified atom stereocenters. The number of nitrogens with zero attached hydrogens (tertiary/aromatic N) is 1. The Kier molecular flexibility index (Phi) is 5.57. The van der Waals surface area contributed by atoms with Gasteiger partial charge in [0.25, 0.3) is 0 Å². The quantitative estimate of drug-likeness (QED) is 0.658. The van der Waals surface area contributed by atoms with E-state index in [9.17, 15) is 16.8 Å². The highest BCUT2D eigenvalue weighted by Gasteiger charge is 2.33. The topological polar surface area (TPSA) is 91.8 Å². The number of aliphatic hydroxyl groups excluding tert-OH is 1. The van der Waals surface area contributed by atoms with Crippen LogP contribution in [0.5, 0.6) is 0 Å². The highest BCUT2D eigenvalue weighted by atomic mass is 32.2. The Balaban J connectivity index is 2.69. The molecular formula is C10H21NO5S2. The van der Waals surface area contributed by atoms with Gasteiger partial charge in [-0.15, -0.1) is 0 Å². The van der Waals surface area contributed by atoms with Gasteiger partial charge in [0.05, 0.1) is 11.5 Å². The number of hydrogen-bond acceptors (Lipinski definition) is 5. The molecule has 0 saturated heterocycles. The molecular weight excluding hydrogens is 278 g/mol. The summed E-state index contributed by atoms with van der Waals surface area (Å²) in [5.41, 5.74) is 0. The van der Waals surface area contributed by atoms with Crippen LogP contribution in [0.25, 0.3) is 0 Å². The second-order valence-electron chi connectivity index (χ2n) is 4.72. The highest BCUT2D eigenvalue weighted by Crippen LogP contribution is 2.27. The molecule has 0 amide bonds. The summed E-state index contributed by atoms with van der Waals surface area (Å²) in [7, 11) is -6.83. The van der Waals surface area contributed by atoms with Crippen molar-refractivity contribution in [2.45, 2.75) is 31.7 Å². The Hall–Kier alpha value is -0.180. The van der Waals surface area contributed by atoms with Crippen LogP contribution in [0.4, 0.5) is 0 Å². The van der Waals surface area contributed by atoms with Crippen LogP contribution in [0.1, 0.15) is 25.7 Å². The predicted molar refractivity (Wildman–Crippen MR) is 69.5 cm³/mol. The van der Waals surface area contributed by atoms with Crippen molar-refractivity contribution in [1.29, 1.82) is 0 Å². The lowest BCUT2D eigenvalue weighted by Gasteiger charge is -2.36. The number of sulfonamides is 1. The first kappa shape index (κ1) is 15.9. The molecule has 18 heavy (non-hydrogen) atoms. The maximum atomic E-state index is 12.1. The van der Waals surface area contributed by atoms with Crippen molar-refractivity contribution in [3.63, 3.8) is 0 Å². The second kappa shape index (κ2) is 6.31. The van der Waals surface area contributed by atoms with Crippen molar-refractivity contribution in [2.75, 3.05) is 30.9 Å². The van der Waals surface area contributed by atoms with Crippen molar-refractivity contribution >= 4 is 19.9 Å². The lowest BCUT2D eigenvalue weighted by atomic mass is 9.93. The van der Waals surface area contributed by atoms with Gasteiger partial charge in [-0.05, 0) is 19.3 Å². The molecule has 1 aliphatic carbocycles. The fourth-order valence-corrected chi connectivity index (χ4v) is 5.18. The van der Waals surface area contributed by atoms with Crippen molar-refractivity contribution in [1.82, 2.24) is 4.31 Å². The second-order valence-corrected chi connectivity index (χ2v) is 9.02. The molecule has 0 spiro atoms. The van der Waals surface area contributed by atoms with Gasteiger partial charge in [-0.2, -0.15) is 4.31 Å². The fraction of sp³-hybridized carbons (Fsp3) is 1.00. The molecule has 1 aliphatic rings. The minimum Gasteiger partial charge on any atom is -0.396 e. The SMILES string of the molecule is CS(=O)(=O)CCS(=O)(=O)N(CCCO)C1CCC1. The first-order valence-corrected chi connectivity index (χ1v) is 9.71. The summed E-state index contributed by atoms with van der Waals surface area (Å²) in [4.78, 5) is 0. The van der Waals surface area contributed by atoms with E-state index in [0.717, 1.165) is 25.5 Å². The fourth-order valence-electron chi connectivity index (χ4n) is 1.82. The summed E-state index contributed by atoms with van der Waals surface area (Å²) in [6.45, 7) is 0.206. The molecule has 1 saturated carbocycles. The maximum Gasteiger partial charge on any atom is 0.215 e. The first-order valence-electron chi connectivity index (χ1n) is 6.04. The van der Waals surface area contributed by atoms with Gasteiger partial charge >= 0.3 is 0 Å². The lowest BCUT2D eigenvalue weighted by Crippen LogP contribution is -2.46. The Morgan fingerprint density at radius 2 is 1.78 bits per heavy atom. The van der Waals surface area contributed by atoms with Crippen LogP contribution in [0.2, 0.25) is 0 Å². The highest BCUT2D eigenvalue weighted by molar-refractivity contribution is 7.93. The van der Waals surface area contributed by atoms with Gasteiger partial charge in [-0.3, -0.25) is 0 Å². The molecule has 0 aliphatic heterocycles. The third-order valence-corrected chi connectivity index (χ3v) is 6.21. The average Bonchev–Trinajstić information content (AvgIpc) is 2.17. The molecule has 6 nitrogen and oxygen atoms in total. The van der Waals surface area contributed by atoms with Crippen LogP contribution >= 0.6 is 0 Å². The normalized spacial score (nSPS) is 17.9. The van der Waals surface area contributed by atoms with Gasteiger partial charge in [0.1, 0.15) is 9.84 Å². The molecule has 0 heterocycles. The average molecular weight is 299 g/mol. The van der Waals surface area contributed by atoms with Gasteiger partial charge in [-0.25, -0.2) is 16.8 Å². The largest absolute Gasteiger partial charge is 0.396 e. The van der Waals surface area contributed by atoms with Crippen LogP contribution in [0.3, 0.4) is 0 Å². The van der Waals surface area contributed by atoms with Gasteiger partial charge in [-0.1, -0.05) is 6.42 Å². The van der Waals surface area contributed by atoms with Crippen LogP contribution in [0, 0.1) is 0 Å². The van der Waals surface area contributed by atoms with Crippen LogP contribution in [-0.2, 0) is 19.9 Å². The minimum atomic E-state index is -3.54. The molecule has 1 rings (SSSR count). The van der Waals surface area contributed by atoms with E-state index in [0.29, 0.717) is 6.42 Å².